The Labute approximate surface area is 186 Å². The van der Waals surface area contributed by atoms with Gasteiger partial charge in [0, 0.05) is 41.9 Å². The fourth-order valence-corrected chi connectivity index (χ4v) is 3.80. The minimum atomic E-state index is -0.720. The van der Waals surface area contributed by atoms with Crippen molar-refractivity contribution in [3.63, 3.8) is 0 Å². The number of anilines is 2. The van der Waals surface area contributed by atoms with Crippen LogP contribution in [0.3, 0.4) is 0 Å². The minimum absolute atomic E-state index is 0.0888. The van der Waals surface area contributed by atoms with Crippen molar-refractivity contribution in [3.05, 3.63) is 96.1 Å². The Morgan fingerprint density at radius 2 is 1.81 bits per heavy atom. The number of carbonyl (C=O) groups is 1. The molecule has 4 aromatic rings. The zero-order valence-electron chi connectivity index (χ0n) is 17.9. The maximum Gasteiger partial charge on any atom is 0.268 e. The Hall–Kier alpha value is -4.13. The monoisotopic (exact) mass is 425 g/mol. The van der Waals surface area contributed by atoms with Crippen molar-refractivity contribution >= 4 is 17.4 Å². The van der Waals surface area contributed by atoms with Gasteiger partial charge >= 0.3 is 0 Å². The van der Waals surface area contributed by atoms with Gasteiger partial charge in [0.15, 0.2) is 0 Å². The van der Waals surface area contributed by atoms with Crippen molar-refractivity contribution in [2.24, 2.45) is 0 Å². The maximum absolute atomic E-state index is 12.9. The number of benzene rings is 2. The Bertz CT molecular complexity index is 1250. The molecule has 1 amide bonds. The maximum atomic E-state index is 12.9. The second-order valence-corrected chi connectivity index (χ2v) is 7.78. The quantitative estimate of drug-likeness (QED) is 0.524. The third-order valence-electron chi connectivity index (χ3n) is 5.52. The average Bonchev–Trinajstić information content (AvgIpc) is 3.20. The van der Waals surface area contributed by atoms with E-state index in [0.29, 0.717) is 18.2 Å². The van der Waals surface area contributed by atoms with Crippen LogP contribution in [0.5, 0.6) is 5.88 Å². The molecule has 2 aromatic carbocycles. The van der Waals surface area contributed by atoms with Crippen molar-refractivity contribution in [1.82, 2.24) is 19.4 Å². The summed E-state index contributed by atoms with van der Waals surface area (Å²) in [5.74, 6) is 1.96. The number of pyridine rings is 1. The molecule has 7 nitrogen and oxygen atoms in total. The number of imidazole rings is 1. The smallest absolute Gasteiger partial charge is 0.268 e. The summed E-state index contributed by atoms with van der Waals surface area (Å²) >= 11 is 0. The molecule has 0 spiro atoms. The first kappa shape index (κ1) is 19.8. The van der Waals surface area contributed by atoms with E-state index in [0.717, 1.165) is 28.3 Å². The highest BCUT2D eigenvalue weighted by atomic mass is 16.5. The van der Waals surface area contributed by atoms with E-state index in [9.17, 15) is 4.79 Å². The van der Waals surface area contributed by atoms with E-state index in [1.807, 2.05) is 84.4 Å². The lowest BCUT2D eigenvalue weighted by atomic mass is 10.1. The number of aromatic nitrogens is 3. The molecule has 0 saturated carbocycles. The van der Waals surface area contributed by atoms with Gasteiger partial charge in [0.25, 0.3) is 5.91 Å². The van der Waals surface area contributed by atoms with Crippen LogP contribution in [0.2, 0.25) is 0 Å². The van der Waals surface area contributed by atoms with Gasteiger partial charge in [-0.3, -0.25) is 4.79 Å². The van der Waals surface area contributed by atoms with E-state index in [2.05, 4.69) is 15.3 Å². The molecule has 3 heterocycles. The first-order valence-corrected chi connectivity index (χ1v) is 10.4. The van der Waals surface area contributed by atoms with Crippen molar-refractivity contribution in [3.8, 4) is 11.6 Å². The van der Waals surface area contributed by atoms with Gasteiger partial charge in [-0.05, 0) is 43.3 Å². The molecular formula is C25H23N5O2. The molecule has 7 heteroatoms. The predicted molar refractivity (Wildman–Crippen MR) is 122 cm³/mol. The van der Waals surface area contributed by atoms with E-state index in [1.54, 1.807) is 18.1 Å². The summed E-state index contributed by atoms with van der Waals surface area (Å²) < 4.78 is 8.16. The van der Waals surface area contributed by atoms with Gasteiger partial charge in [0.05, 0.1) is 6.54 Å². The highest BCUT2D eigenvalue weighted by Crippen LogP contribution is 2.31. The summed E-state index contributed by atoms with van der Waals surface area (Å²) in [6.45, 7) is 2.42. The largest absolute Gasteiger partial charge is 0.459 e. The van der Waals surface area contributed by atoms with Crippen LogP contribution in [0.15, 0.2) is 79.1 Å². The zero-order valence-corrected chi connectivity index (χ0v) is 17.9. The van der Waals surface area contributed by atoms with Crippen molar-refractivity contribution in [1.29, 1.82) is 0 Å². The minimum Gasteiger partial charge on any atom is -0.459 e. The Morgan fingerprint density at radius 1 is 1.03 bits per heavy atom. The molecule has 0 radical (unpaired) electrons. The van der Waals surface area contributed by atoms with E-state index in [1.165, 1.54) is 0 Å². The first-order valence-electron chi connectivity index (χ1n) is 10.4. The summed E-state index contributed by atoms with van der Waals surface area (Å²) in [5, 5.41) is 3.32. The number of fused-ring (bicyclic) bond motifs is 1. The Morgan fingerprint density at radius 3 is 2.53 bits per heavy atom. The fourth-order valence-electron chi connectivity index (χ4n) is 3.80. The van der Waals surface area contributed by atoms with Gasteiger partial charge in [0.1, 0.15) is 11.6 Å². The lowest BCUT2D eigenvalue weighted by Crippen LogP contribution is -2.31. The number of carbonyl (C=O) groups excluding carboxylic acids is 1. The second kappa shape index (κ2) is 8.19. The van der Waals surface area contributed by atoms with Crippen molar-refractivity contribution in [2.75, 3.05) is 12.4 Å². The molecule has 160 valence electrons. The van der Waals surface area contributed by atoms with Gasteiger partial charge in [0.2, 0.25) is 12.0 Å². The number of ether oxygens (including phenoxy) is 1. The van der Waals surface area contributed by atoms with Crippen LogP contribution < -0.4 is 10.1 Å². The molecule has 1 aliphatic rings. The summed E-state index contributed by atoms with van der Waals surface area (Å²) in [7, 11) is 1.78. The molecule has 32 heavy (non-hydrogen) atoms. The van der Waals surface area contributed by atoms with Gasteiger partial charge in [-0.1, -0.05) is 30.3 Å². The molecule has 0 fully saturated rings. The van der Waals surface area contributed by atoms with Gasteiger partial charge in [-0.2, -0.15) is 4.98 Å². The summed E-state index contributed by atoms with van der Waals surface area (Å²) in [4.78, 5) is 23.5. The summed E-state index contributed by atoms with van der Waals surface area (Å²) in [5.41, 5.74) is 3.62. The van der Waals surface area contributed by atoms with Crippen molar-refractivity contribution in [2.45, 2.75) is 19.6 Å². The van der Waals surface area contributed by atoms with Crippen molar-refractivity contribution < 1.29 is 9.53 Å². The van der Waals surface area contributed by atoms with Crippen LogP contribution in [-0.2, 0) is 11.3 Å². The highest BCUT2D eigenvalue weighted by molar-refractivity contribution is 5.83. The van der Waals surface area contributed by atoms with Gasteiger partial charge < -0.3 is 19.5 Å². The third-order valence-corrected chi connectivity index (χ3v) is 5.52. The van der Waals surface area contributed by atoms with Crippen LogP contribution in [0.1, 0.15) is 23.1 Å². The standard InChI is InChI=1S/C25H23N5O2/c1-17-26-14-15-30(17)21-11-9-20(10-12-21)27-22-13-8-19-16-29(2)25(31)23(32-24(19)28-22)18-6-4-3-5-7-18/h3-15,23H,16H2,1-2H3,(H,27,28). The van der Waals surface area contributed by atoms with Crippen LogP contribution in [0.4, 0.5) is 11.5 Å². The zero-order chi connectivity index (χ0) is 22.1. The molecule has 0 aliphatic carbocycles. The Balaban J connectivity index is 1.40. The normalized spacial score (nSPS) is 15.6. The Kier molecular flexibility index (Phi) is 5.07. The third kappa shape index (κ3) is 3.80. The average molecular weight is 425 g/mol. The number of amides is 1. The molecule has 0 bridgehead atoms. The number of nitrogens with zero attached hydrogens (tertiary/aromatic N) is 4. The SMILES string of the molecule is Cc1nccn1-c1ccc(Nc2ccc3c(n2)OC(c2ccccc2)C(=O)N(C)C3)cc1. The molecule has 1 atom stereocenters. The van der Waals surface area contributed by atoms with Crippen LogP contribution in [0, 0.1) is 6.92 Å². The second-order valence-electron chi connectivity index (χ2n) is 7.78. The number of hydrogen-bond acceptors (Lipinski definition) is 5. The molecule has 2 aromatic heterocycles. The van der Waals surface area contributed by atoms with Gasteiger partial charge in [-0.15, -0.1) is 0 Å². The van der Waals surface area contributed by atoms with E-state index in [4.69, 9.17) is 4.74 Å². The molecule has 1 aliphatic heterocycles. The number of nitrogens with one attached hydrogen (secondary N) is 1. The molecule has 5 rings (SSSR count). The van der Waals surface area contributed by atoms with Crippen LogP contribution in [-0.4, -0.2) is 32.4 Å². The number of aryl methyl sites for hydroxylation is 1. The fraction of sp³-hybridized carbons (Fsp3) is 0.160. The lowest BCUT2D eigenvalue weighted by Gasteiger charge is -2.19. The molecule has 1 unspecified atom stereocenters. The molecule has 1 N–H and O–H groups in total. The number of likely N-dealkylation sites (N-methyl/N-ethyl adjacent to an activating group) is 1. The van der Waals surface area contributed by atoms with E-state index >= 15 is 0 Å². The van der Waals surface area contributed by atoms with E-state index < -0.39 is 6.10 Å². The molecular weight excluding hydrogens is 402 g/mol. The summed E-state index contributed by atoms with van der Waals surface area (Å²) in [6, 6.07) is 21.4. The number of hydrogen-bond donors (Lipinski definition) is 1. The molecule has 0 saturated heterocycles. The van der Waals surface area contributed by atoms with Gasteiger partial charge in [-0.25, -0.2) is 4.98 Å². The van der Waals surface area contributed by atoms with Crippen LogP contribution >= 0.6 is 0 Å². The van der Waals surface area contributed by atoms with Crippen LogP contribution in [0.25, 0.3) is 5.69 Å². The number of rotatable bonds is 4. The topological polar surface area (TPSA) is 72.3 Å². The predicted octanol–water partition coefficient (Wildman–Crippen LogP) is 4.41. The lowest BCUT2D eigenvalue weighted by molar-refractivity contribution is -0.137. The van der Waals surface area contributed by atoms with E-state index in [-0.39, 0.29) is 5.91 Å². The first-order chi connectivity index (χ1) is 15.6. The summed E-state index contributed by atoms with van der Waals surface area (Å²) in [6.07, 6.45) is 3.00. The highest BCUT2D eigenvalue weighted by Gasteiger charge is 2.31.